The second-order valence-electron chi connectivity index (χ2n) is 5.94. The van der Waals surface area contributed by atoms with Crippen LogP contribution in [0.2, 0.25) is 0 Å². The van der Waals surface area contributed by atoms with Crippen molar-refractivity contribution in [2.45, 2.75) is 13.0 Å². The first-order valence-corrected chi connectivity index (χ1v) is 8.29. The van der Waals surface area contributed by atoms with E-state index in [0.29, 0.717) is 0 Å². The number of carboxylic acid groups (broad SMARTS) is 1. The van der Waals surface area contributed by atoms with Gasteiger partial charge < -0.3 is 15.3 Å². The molecule has 0 aliphatic carbocycles. The van der Waals surface area contributed by atoms with Gasteiger partial charge in [0.2, 0.25) is 0 Å². The molecule has 0 aliphatic heterocycles. The Morgan fingerprint density at radius 3 is 2.42 bits per heavy atom. The fourth-order valence-corrected chi connectivity index (χ4v) is 2.19. The van der Waals surface area contributed by atoms with Gasteiger partial charge in [0.15, 0.2) is 0 Å². The summed E-state index contributed by atoms with van der Waals surface area (Å²) in [5.74, 6) is -0.856. The van der Waals surface area contributed by atoms with Crippen molar-refractivity contribution in [1.82, 2.24) is 9.78 Å². The lowest BCUT2D eigenvalue weighted by Crippen LogP contribution is -2.25. The van der Waals surface area contributed by atoms with Crippen LogP contribution >= 0.6 is 0 Å². The SMILES string of the molecule is C[C@@H](Nc1cccc(N(C)C)c1)C(=O)O.c1ccc(-n2cccn2)cc1. The highest BCUT2D eigenvalue weighted by atomic mass is 16.4. The Kier molecular flexibility index (Phi) is 6.79. The molecule has 0 spiro atoms. The van der Waals surface area contributed by atoms with E-state index in [2.05, 4.69) is 10.4 Å². The van der Waals surface area contributed by atoms with E-state index in [1.54, 1.807) is 13.1 Å². The number of para-hydroxylation sites is 1. The second-order valence-corrected chi connectivity index (χ2v) is 5.94. The maximum atomic E-state index is 10.6. The lowest BCUT2D eigenvalue weighted by atomic mass is 10.2. The van der Waals surface area contributed by atoms with Gasteiger partial charge in [-0.25, -0.2) is 4.68 Å². The van der Waals surface area contributed by atoms with Crippen LogP contribution in [-0.4, -0.2) is 41.0 Å². The van der Waals surface area contributed by atoms with Gasteiger partial charge >= 0.3 is 5.97 Å². The number of carbonyl (C=O) groups is 1. The number of anilines is 2. The van der Waals surface area contributed by atoms with Crippen molar-refractivity contribution in [3.8, 4) is 5.69 Å². The smallest absolute Gasteiger partial charge is 0.325 e. The van der Waals surface area contributed by atoms with Crippen molar-refractivity contribution >= 4 is 17.3 Å². The molecular weight excluding hydrogens is 328 g/mol. The van der Waals surface area contributed by atoms with E-state index in [0.717, 1.165) is 17.1 Å². The first-order chi connectivity index (χ1) is 12.5. The molecule has 1 aromatic heterocycles. The summed E-state index contributed by atoms with van der Waals surface area (Å²) in [5, 5.41) is 15.8. The molecule has 1 atom stereocenters. The summed E-state index contributed by atoms with van der Waals surface area (Å²) >= 11 is 0. The van der Waals surface area contributed by atoms with Crippen molar-refractivity contribution in [3.63, 3.8) is 0 Å². The number of carboxylic acids is 1. The van der Waals surface area contributed by atoms with Gasteiger partial charge in [-0.3, -0.25) is 4.79 Å². The van der Waals surface area contributed by atoms with E-state index >= 15 is 0 Å². The van der Waals surface area contributed by atoms with Crippen LogP contribution in [0.4, 0.5) is 11.4 Å². The predicted molar refractivity (Wildman–Crippen MR) is 105 cm³/mol. The summed E-state index contributed by atoms with van der Waals surface area (Å²) in [4.78, 5) is 12.6. The minimum atomic E-state index is -0.856. The molecule has 2 aromatic carbocycles. The van der Waals surface area contributed by atoms with Crippen LogP contribution in [0.1, 0.15) is 6.92 Å². The van der Waals surface area contributed by atoms with Crippen molar-refractivity contribution in [2.24, 2.45) is 0 Å². The molecule has 0 amide bonds. The summed E-state index contributed by atoms with van der Waals surface area (Å²) < 4.78 is 1.83. The molecular formula is C20H24N4O2. The average Bonchev–Trinajstić information content (AvgIpc) is 3.18. The second kappa shape index (κ2) is 9.27. The van der Waals surface area contributed by atoms with Gasteiger partial charge in [-0.15, -0.1) is 0 Å². The molecule has 1 heterocycles. The molecule has 0 fully saturated rings. The van der Waals surface area contributed by atoms with E-state index in [-0.39, 0.29) is 0 Å². The monoisotopic (exact) mass is 352 g/mol. The fourth-order valence-electron chi connectivity index (χ4n) is 2.19. The quantitative estimate of drug-likeness (QED) is 0.735. The highest BCUT2D eigenvalue weighted by Gasteiger charge is 2.10. The Morgan fingerprint density at radius 1 is 1.12 bits per heavy atom. The van der Waals surface area contributed by atoms with Crippen molar-refractivity contribution < 1.29 is 9.90 Å². The van der Waals surface area contributed by atoms with Gasteiger partial charge in [0.1, 0.15) is 6.04 Å². The van der Waals surface area contributed by atoms with Crippen LogP contribution in [-0.2, 0) is 4.79 Å². The predicted octanol–water partition coefficient (Wildman–Crippen LogP) is 3.51. The van der Waals surface area contributed by atoms with Crippen LogP contribution in [0.25, 0.3) is 5.69 Å². The first kappa shape index (κ1) is 19.1. The van der Waals surface area contributed by atoms with Crippen LogP contribution < -0.4 is 10.2 Å². The molecule has 6 nitrogen and oxygen atoms in total. The topological polar surface area (TPSA) is 70.4 Å². The van der Waals surface area contributed by atoms with Crippen molar-refractivity contribution in [2.75, 3.05) is 24.3 Å². The minimum Gasteiger partial charge on any atom is -0.480 e. The molecule has 26 heavy (non-hydrogen) atoms. The maximum absolute atomic E-state index is 10.6. The summed E-state index contributed by atoms with van der Waals surface area (Å²) in [5.41, 5.74) is 2.95. The number of rotatable bonds is 5. The summed E-state index contributed by atoms with van der Waals surface area (Å²) in [7, 11) is 3.89. The lowest BCUT2D eigenvalue weighted by molar-refractivity contribution is -0.137. The molecule has 136 valence electrons. The minimum absolute atomic E-state index is 0.581. The molecule has 0 unspecified atom stereocenters. The molecule has 6 heteroatoms. The van der Waals surface area contributed by atoms with E-state index in [4.69, 9.17) is 5.11 Å². The molecule has 2 N–H and O–H groups in total. The van der Waals surface area contributed by atoms with Gasteiger partial charge in [-0.1, -0.05) is 24.3 Å². The number of nitrogens with zero attached hydrogens (tertiary/aromatic N) is 3. The molecule has 3 rings (SSSR count). The Balaban J connectivity index is 0.000000195. The Morgan fingerprint density at radius 2 is 1.85 bits per heavy atom. The zero-order chi connectivity index (χ0) is 18.9. The van der Waals surface area contributed by atoms with Crippen LogP contribution in [0.15, 0.2) is 73.1 Å². The fraction of sp³-hybridized carbons (Fsp3) is 0.200. The Bertz CT molecular complexity index is 802. The maximum Gasteiger partial charge on any atom is 0.325 e. The number of aromatic nitrogens is 2. The normalized spacial score (nSPS) is 11.0. The lowest BCUT2D eigenvalue weighted by Gasteiger charge is -2.15. The number of hydrogen-bond donors (Lipinski definition) is 2. The zero-order valence-electron chi connectivity index (χ0n) is 15.2. The van der Waals surface area contributed by atoms with Crippen molar-refractivity contribution in [3.05, 3.63) is 73.1 Å². The van der Waals surface area contributed by atoms with Gasteiger partial charge in [0.25, 0.3) is 0 Å². The summed E-state index contributed by atoms with van der Waals surface area (Å²) in [6.07, 6.45) is 3.70. The van der Waals surface area contributed by atoms with Gasteiger partial charge in [0.05, 0.1) is 5.69 Å². The molecule has 0 saturated heterocycles. The van der Waals surface area contributed by atoms with Crippen molar-refractivity contribution in [1.29, 1.82) is 0 Å². The van der Waals surface area contributed by atoms with Crippen LogP contribution in [0.5, 0.6) is 0 Å². The molecule has 0 radical (unpaired) electrons. The third-order valence-corrected chi connectivity index (χ3v) is 3.64. The third-order valence-electron chi connectivity index (χ3n) is 3.64. The van der Waals surface area contributed by atoms with Crippen LogP contribution in [0, 0.1) is 0 Å². The van der Waals surface area contributed by atoms with E-state index in [1.807, 2.05) is 90.5 Å². The molecule has 0 saturated carbocycles. The molecule has 0 aliphatic rings. The number of benzene rings is 2. The van der Waals surface area contributed by atoms with Crippen LogP contribution in [0.3, 0.4) is 0 Å². The third kappa shape index (κ3) is 5.66. The zero-order valence-corrected chi connectivity index (χ0v) is 15.2. The average molecular weight is 352 g/mol. The number of nitrogens with one attached hydrogen (secondary N) is 1. The van der Waals surface area contributed by atoms with E-state index in [9.17, 15) is 4.79 Å². The standard InChI is InChI=1S/C11H16N2O2.C9H8N2/c1-8(11(14)15)12-9-5-4-6-10(7-9)13(2)3;1-2-5-9(6-3-1)11-8-4-7-10-11/h4-8,12H,1-3H3,(H,14,15);1-8H/t8-;/m1./s1. The first-order valence-electron chi connectivity index (χ1n) is 8.29. The van der Waals surface area contributed by atoms with Gasteiger partial charge in [-0.05, 0) is 43.3 Å². The number of hydrogen-bond acceptors (Lipinski definition) is 4. The highest BCUT2D eigenvalue weighted by molar-refractivity contribution is 5.77. The molecule has 3 aromatic rings. The van der Waals surface area contributed by atoms with E-state index in [1.165, 1.54) is 0 Å². The van der Waals surface area contributed by atoms with Gasteiger partial charge in [0, 0.05) is 37.9 Å². The highest BCUT2D eigenvalue weighted by Crippen LogP contribution is 2.17. The summed E-state index contributed by atoms with van der Waals surface area (Å²) in [6.45, 7) is 1.62. The summed E-state index contributed by atoms with van der Waals surface area (Å²) in [6, 6.07) is 19.0. The number of aliphatic carboxylic acids is 1. The van der Waals surface area contributed by atoms with Gasteiger partial charge in [-0.2, -0.15) is 5.10 Å². The van der Waals surface area contributed by atoms with E-state index < -0.39 is 12.0 Å². The molecule has 0 bridgehead atoms. The Labute approximate surface area is 153 Å². The largest absolute Gasteiger partial charge is 0.480 e. The Hall–Kier alpha value is -3.28.